The molecule has 5 rings (SSSR count). The van der Waals surface area contributed by atoms with E-state index in [1.165, 1.54) is 23.8 Å². The van der Waals surface area contributed by atoms with Crippen LogP contribution in [-0.2, 0) is 16.1 Å². The number of unbranched alkanes of at least 4 members (excludes halogenated alkanes) is 8. The molecule has 1 aliphatic rings. The summed E-state index contributed by atoms with van der Waals surface area (Å²) in [4.78, 5) is 28.1. The number of amidine groups is 1. The van der Waals surface area contributed by atoms with Gasteiger partial charge in [-0.15, -0.1) is 0 Å². The Morgan fingerprint density at radius 3 is 2.20 bits per heavy atom. The van der Waals surface area contributed by atoms with Crippen LogP contribution in [0.1, 0.15) is 101 Å². The van der Waals surface area contributed by atoms with Crippen LogP contribution in [0.3, 0.4) is 0 Å². The number of rotatable bonds is 18. The number of ketones is 1. The predicted molar refractivity (Wildman–Crippen MR) is 209 cm³/mol. The van der Waals surface area contributed by atoms with E-state index in [9.17, 15) is 9.59 Å². The van der Waals surface area contributed by atoms with E-state index < -0.39 is 0 Å². The second-order valence-corrected chi connectivity index (χ2v) is 13.3. The molecule has 0 aliphatic carbocycles. The van der Waals surface area contributed by atoms with Crippen molar-refractivity contribution in [2.24, 2.45) is 4.99 Å². The van der Waals surface area contributed by atoms with Crippen LogP contribution in [0.5, 0.6) is 0 Å². The third kappa shape index (κ3) is 10.6. The zero-order chi connectivity index (χ0) is 35.8. The fourth-order valence-corrected chi connectivity index (χ4v) is 6.52. The molecule has 7 nitrogen and oxygen atoms in total. The second-order valence-electron chi connectivity index (χ2n) is 13.3. The zero-order valence-corrected chi connectivity index (χ0v) is 29.9. The molecule has 1 aliphatic heterocycles. The van der Waals surface area contributed by atoms with Gasteiger partial charge >= 0.3 is 0 Å². The highest BCUT2D eigenvalue weighted by atomic mass is 16.1. The largest absolute Gasteiger partial charge is 0.356 e. The van der Waals surface area contributed by atoms with Gasteiger partial charge in [0.05, 0.1) is 12.2 Å². The number of carbonyl (C=O) groups is 2. The summed E-state index contributed by atoms with van der Waals surface area (Å²) in [5, 5.41) is 12.1. The number of benzene rings is 3. The van der Waals surface area contributed by atoms with E-state index >= 15 is 0 Å². The summed E-state index contributed by atoms with van der Waals surface area (Å²) in [6.07, 6.45) is 13.2. The van der Waals surface area contributed by atoms with Crippen molar-refractivity contribution in [1.29, 1.82) is 5.41 Å². The lowest BCUT2D eigenvalue weighted by Gasteiger charge is -2.13. The van der Waals surface area contributed by atoms with Crippen molar-refractivity contribution < 1.29 is 14.2 Å². The van der Waals surface area contributed by atoms with Gasteiger partial charge in [0, 0.05) is 43.7 Å². The Morgan fingerprint density at radius 1 is 0.804 bits per heavy atom. The first-order valence-electron chi connectivity index (χ1n) is 18.4. The maximum absolute atomic E-state index is 12.3. The van der Waals surface area contributed by atoms with Crippen LogP contribution in [0.25, 0.3) is 22.4 Å². The number of nitrogens with one attached hydrogen (secondary N) is 2. The smallest absolute Gasteiger partial charge is 0.271 e. The Bertz CT molecular complexity index is 1910. The first-order chi connectivity index (χ1) is 24.9. The molecule has 7 heteroatoms. The van der Waals surface area contributed by atoms with Crippen molar-refractivity contribution in [3.8, 4) is 34.2 Å². The van der Waals surface area contributed by atoms with E-state index in [0.717, 1.165) is 96.4 Å². The van der Waals surface area contributed by atoms with Crippen molar-refractivity contribution in [3.05, 3.63) is 102 Å². The van der Waals surface area contributed by atoms with Crippen LogP contribution in [-0.4, -0.2) is 46.3 Å². The van der Waals surface area contributed by atoms with Gasteiger partial charge < -0.3 is 14.7 Å². The van der Waals surface area contributed by atoms with Gasteiger partial charge in [-0.05, 0) is 61.4 Å². The molecule has 0 saturated carbocycles. The molecule has 51 heavy (non-hydrogen) atoms. The molecule has 262 valence electrons. The SMILES string of the molecule is C=[N+]1C=Nc2c(c(-c3ccccc3)c(-c3ccccc3)n2Cc2cccc(C#CCCCCC(=O)NCCCCCCCCCC(C)=O)c2)C1=N. The minimum atomic E-state index is 0.125. The fourth-order valence-electron chi connectivity index (χ4n) is 6.52. The van der Waals surface area contributed by atoms with Crippen molar-refractivity contribution in [2.75, 3.05) is 6.54 Å². The van der Waals surface area contributed by atoms with E-state index in [-0.39, 0.29) is 11.7 Å². The number of carbonyl (C=O) groups excluding carboxylic acids is 2. The van der Waals surface area contributed by atoms with Crippen LogP contribution < -0.4 is 5.32 Å². The number of nitrogens with zero attached hydrogens (tertiary/aromatic N) is 3. The molecule has 0 unspecified atom stereocenters. The van der Waals surface area contributed by atoms with E-state index in [2.05, 4.69) is 64.8 Å². The standard InChI is InChI=1S/C44H49N5O2/c1-34(50)21-12-6-4-3-5-9-19-30-46-39(51)29-18-8-7-13-22-35-23-20-24-36(31-35)32-49-42(38-27-16-11-17-28-38)40(37-25-14-10-15-26-37)41-43(45)48(2)33-47-44(41)49/h10-11,14-17,20,23-28,31,33,45H,2-9,12,18-19,21,29-30,32H2,1H3/p+1. The molecule has 0 saturated heterocycles. The number of Topliss-reactive ketones (excluding diaryl/α,β-unsaturated/α-hetero) is 1. The summed E-state index contributed by atoms with van der Waals surface area (Å²) in [6.45, 7) is 6.98. The Hall–Kier alpha value is -5.35. The minimum Gasteiger partial charge on any atom is -0.356 e. The number of aromatic nitrogens is 1. The molecular weight excluding hydrogens is 631 g/mol. The molecule has 0 radical (unpaired) electrons. The van der Waals surface area contributed by atoms with Crippen molar-refractivity contribution in [2.45, 2.75) is 90.5 Å². The summed E-state index contributed by atoms with van der Waals surface area (Å²) in [5.41, 5.74) is 6.88. The van der Waals surface area contributed by atoms with Crippen molar-refractivity contribution in [1.82, 2.24) is 9.88 Å². The van der Waals surface area contributed by atoms with Gasteiger partial charge in [0.1, 0.15) is 11.3 Å². The normalized spacial score (nSPS) is 11.9. The molecule has 2 heterocycles. The molecule has 4 aromatic rings. The predicted octanol–water partition coefficient (Wildman–Crippen LogP) is 9.32. The highest BCUT2D eigenvalue weighted by molar-refractivity contribution is 6.10. The van der Waals surface area contributed by atoms with Gasteiger partial charge in [-0.25, -0.2) is 4.58 Å². The maximum Gasteiger partial charge on any atom is 0.271 e. The van der Waals surface area contributed by atoms with E-state index in [0.29, 0.717) is 25.2 Å². The lowest BCUT2D eigenvalue weighted by atomic mass is 9.96. The Morgan fingerprint density at radius 2 is 1.47 bits per heavy atom. The fraction of sp³-hybridized carbons (Fsp3) is 0.341. The van der Waals surface area contributed by atoms with Gasteiger partial charge in [0.15, 0.2) is 0 Å². The monoisotopic (exact) mass is 680 g/mol. The highest BCUT2D eigenvalue weighted by Crippen LogP contribution is 2.44. The van der Waals surface area contributed by atoms with E-state index in [4.69, 9.17) is 10.4 Å². The van der Waals surface area contributed by atoms with Gasteiger partial charge in [0.25, 0.3) is 5.84 Å². The van der Waals surface area contributed by atoms with Crippen LogP contribution in [0.4, 0.5) is 5.82 Å². The average Bonchev–Trinajstić information content (AvgIpc) is 3.47. The summed E-state index contributed by atoms with van der Waals surface area (Å²) in [7, 11) is 0. The molecule has 0 fully saturated rings. The maximum atomic E-state index is 12.3. The summed E-state index contributed by atoms with van der Waals surface area (Å²) < 4.78 is 3.73. The lowest BCUT2D eigenvalue weighted by Crippen LogP contribution is -2.23. The molecule has 2 N–H and O–H groups in total. The number of amides is 1. The summed E-state index contributed by atoms with van der Waals surface area (Å²) in [6, 6.07) is 28.8. The number of hydrogen-bond acceptors (Lipinski definition) is 4. The van der Waals surface area contributed by atoms with Crippen LogP contribution in [0.2, 0.25) is 0 Å². The Labute approximate surface area is 303 Å². The van der Waals surface area contributed by atoms with Gasteiger partial charge in [-0.2, -0.15) is 5.41 Å². The minimum absolute atomic E-state index is 0.125. The van der Waals surface area contributed by atoms with Crippen LogP contribution in [0.15, 0.2) is 89.9 Å². The molecule has 1 amide bonds. The first-order valence-corrected chi connectivity index (χ1v) is 18.4. The van der Waals surface area contributed by atoms with Crippen molar-refractivity contribution >= 4 is 36.4 Å². The number of hydrogen-bond donors (Lipinski definition) is 2. The van der Waals surface area contributed by atoms with Crippen molar-refractivity contribution in [3.63, 3.8) is 0 Å². The van der Waals surface area contributed by atoms with E-state index in [1.807, 2.05) is 48.5 Å². The van der Waals surface area contributed by atoms with Gasteiger partial charge in [-0.1, -0.05) is 122 Å². The summed E-state index contributed by atoms with van der Waals surface area (Å²) >= 11 is 0. The summed E-state index contributed by atoms with van der Waals surface area (Å²) in [5.74, 6) is 8.11. The van der Waals surface area contributed by atoms with Crippen LogP contribution >= 0.6 is 0 Å². The molecule has 0 spiro atoms. The van der Waals surface area contributed by atoms with Gasteiger partial charge in [-0.3, -0.25) is 4.79 Å². The third-order valence-electron chi connectivity index (χ3n) is 9.17. The second kappa shape index (κ2) is 19.2. The number of aliphatic imine (C=N–C) groups is 1. The molecular formula is C44H50N5O2+. The molecule has 0 atom stereocenters. The van der Waals surface area contributed by atoms with Gasteiger partial charge in [0.2, 0.25) is 18.1 Å². The average molecular weight is 681 g/mol. The quantitative estimate of drug-likeness (QED) is 0.0623. The number of fused-ring (bicyclic) bond motifs is 1. The Balaban J connectivity index is 1.16. The third-order valence-corrected chi connectivity index (χ3v) is 9.17. The topological polar surface area (TPSA) is 90.3 Å². The van der Waals surface area contributed by atoms with E-state index in [1.54, 1.807) is 13.3 Å². The zero-order valence-electron chi connectivity index (χ0n) is 29.9. The molecule has 3 aromatic carbocycles. The Kier molecular flexibility index (Phi) is 13.9. The first kappa shape index (κ1) is 36.9. The van der Waals surface area contributed by atoms with Crippen LogP contribution in [0, 0.1) is 17.3 Å². The molecule has 0 bridgehead atoms. The molecule has 1 aromatic heterocycles. The lowest BCUT2D eigenvalue weighted by molar-refractivity contribution is -0.246. The highest BCUT2D eigenvalue weighted by Gasteiger charge is 2.34.